The summed E-state index contributed by atoms with van der Waals surface area (Å²) in [6.45, 7) is 5.91. The molecule has 15 heavy (non-hydrogen) atoms. The Morgan fingerprint density at radius 1 is 1.33 bits per heavy atom. The van der Waals surface area contributed by atoms with E-state index < -0.39 is 0 Å². The smallest absolute Gasteiger partial charge is 0.128 e. The Morgan fingerprint density at radius 2 is 1.87 bits per heavy atom. The fourth-order valence-electron chi connectivity index (χ4n) is 1.22. The van der Waals surface area contributed by atoms with Crippen molar-refractivity contribution in [3.63, 3.8) is 0 Å². The van der Waals surface area contributed by atoms with Crippen molar-refractivity contribution in [2.75, 3.05) is 0 Å². The van der Waals surface area contributed by atoms with Gasteiger partial charge in [-0.3, -0.25) is 0 Å². The molecule has 1 rings (SSSR count). The summed E-state index contributed by atoms with van der Waals surface area (Å²) in [6.07, 6.45) is 0. The topological polar surface area (TPSA) is 26.0 Å². The van der Waals surface area contributed by atoms with E-state index in [-0.39, 0.29) is 29.7 Å². The van der Waals surface area contributed by atoms with Crippen LogP contribution < -0.4 is 5.73 Å². The van der Waals surface area contributed by atoms with Crippen molar-refractivity contribution in [1.29, 1.82) is 0 Å². The Morgan fingerprint density at radius 3 is 2.33 bits per heavy atom. The van der Waals surface area contributed by atoms with Crippen LogP contribution in [0, 0.1) is 11.2 Å². The van der Waals surface area contributed by atoms with Gasteiger partial charge in [0.15, 0.2) is 0 Å². The van der Waals surface area contributed by atoms with Crippen molar-refractivity contribution in [1.82, 2.24) is 0 Å². The van der Waals surface area contributed by atoms with Gasteiger partial charge in [-0.2, -0.15) is 0 Å². The van der Waals surface area contributed by atoms with Crippen molar-refractivity contribution >= 4 is 24.0 Å². The second kappa shape index (κ2) is 5.15. The molecular weight excluding hydrogens is 236 g/mol. The molecule has 86 valence electrons. The summed E-state index contributed by atoms with van der Waals surface area (Å²) in [5.74, 6) is -0.295. The van der Waals surface area contributed by atoms with E-state index in [9.17, 15) is 4.39 Å². The average molecular weight is 252 g/mol. The normalized spacial score (nSPS) is 13.2. The fraction of sp³-hybridized carbons (Fsp3) is 0.455. The second-order valence-corrected chi connectivity index (χ2v) is 4.95. The highest BCUT2D eigenvalue weighted by molar-refractivity contribution is 6.30. The summed E-state index contributed by atoms with van der Waals surface area (Å²) in [7, 11) is 0. The fourth-order valence-corrected chi connectivity index (χ4v) is 1.40. The quantitative estimate of drug-likeness (QED) is 0.804. The molecule has 0 aromatic heterocycles. The minimum absolute atomic E-state index is 0. The zero-order valence-corrected chi connectivity index (χ0v) is 10.6. The Bertz CT molecular complexity index is 334. The molecule has 2 N–H and O–H groups in total. The maximum Gasteiger partial charge on any atom is 0.128 e. The van der Waals surface area contributed by atoms with Crippen LogP contribution in [-0.2, 0) is 0 Å². The van der Waals surface area contributed by atoms with E-state index in [0.29, 0.717) is 10.6 Å². The van der Waals surface area contributed by atoms with Crippen LogP contribution in [0.3, 0.4) is 0 Å². The lowest BCUT2D eigenvalue weighted by Gasteiger charge is -2.27. The van der Waals surface area contributed by atoms with Crippen LogP contribution >= 0.6 is 24.0 Å². The number of rotatable bonds is 1. The summed E-state index contributed by atoms with van der Waals surface area (Å²) in [5.41, 5.74) is 6.24. The summed E-state index contributed by atoms with van der Waals surface area (Å²) < 4.78 is 13.4. The van der Waals surface area contributed by atoms with Crippen molar-refractivity contribution in [3.8, 4) is 0 Å². The van der Waals surface area contributed by atoms with E-state index in [0.717, 1.165) is 0 Å². The van der Waals surface area contributed by atoms with E-state index >= 15 is 0 Å². The van der Waals surface area contributed by atoms with Crippen LogP contribution in [0.5, 0.6) is 0 Å². The third-order valence-corrected chi connectivity index (χ3v) is 2.46. The number of hydrogen-bond acceptors (Lipinski definition) is 1. The molecule has 0 aliphatic rings. The highest BCUT2D eigenvalue weighted by Crippen LogP contribution is 2.32. The Hall–Kier alpha value is -0.310. The molecule has 0 spiro atoms. The second-order valence-electron chi connectivity index (χ2n) is 4.51. The molecule has 0 saturated heterocycles. The first kappa shape index (κ1) is 14.7. The van der Waals surface area contributed by atoms with Gasteiger partial charge in [0.25, 0.3) is 0 Å². The van der Waals surface area contributed by atoms with Gasteiger partial charge in [-0.05, 0) is 23.6 Å². The molecule has 0 aliphatic carbocycles. The van der Waals surface area contributed by atoms with Gasteiger partial charge in [0.1, 0.15) is 5.82 Å². The van der Waals surface area contributed by atoms with Gasteiger partial charge in [0, 0.05) is 16.6 Å². The first-order chi connectivity index (χ1) is 6.32. The minimum Gasteiger partial charge on any atom is -0.323 e. The Kier molecular flexibility index (Phi) is 5.04. The predicted molar refractivity (Wildman–Crippen MR) is 65.0 cm³/mol. The standard InChI is InChI=1S/C11H15ClFN.ClH/c1-11(2,3)10(14)8-6-7(12)4-5-9(8)13;/h4-6,10H,14H2,1-3H3;1H/t10-;/m1./s1. The van der Waals surface area contributed by atoms with Gasteiger partial charge in [-0.1, -0.05) is 32.4 Å². The van der Waals surface area contributed by atoms with Gasteiger partial charge >= 0.3 is 0 Å². The van der Waals surface area contributed by atoms with Gasteiger partial charge < -0.3 is 5.73 Å². The molecule has 0 radical (unpaired) electrons. The van der Waals surface area contributed by atoms with Crippen molar-refractivity contribution in [2.45, 2.75) is 26.8 Å². The summed E-state index contributed by atoms with van der Waals surface area (Å²) in [4.78, 5) is 0. The highest BCUT2D eigenvalue weighted by atomic mass is 35.5. The minimum atomic E-state index is -0.346. The van der Waals surface area contributed by atoms with Gasteiger partial charge in [-0.15, -0.1) is 12.4 Å². The third-order valence-electron chi connectivity index (χ3n) is 2.23. The monoisotopic (exact) mass is 251 g/mol. The molecule has 0 saturated carbocycles. The molecular formula is C11H16Cl2FN. The van der Waals surface area contributed by atoms with Crippen LogP contribution in [0.2, 0.25) is 5.02 Å². The number of nitrogens with two attached hydrogens (primary N) is 1. The van der Waals surface area contributed by atoms with E-state index in [2.05, 4.69) is 0 Å². The van der Waals surface area contributed by atoms with Gasteiger partial charge in [0.05, 0.1) is 0 Å². The number of hydrogen-bond donors (Lipinski definition) is 1. The molecule has 0 aliphatic heterocycles. The molecule has 0 fully saturated rings. The zero-order chi connectivity index (χ0) is 10.9. The third kappa shape index (κ3) is 3.63. The zero-order valence-electron chi connectivity index (χ0n) is 9.05. The van der Waals surface area contributed by atoms with E-state index in [1.165, 1.54) is 12.1 Å². The molecule has 0 heterocycles. The molecule has 0 bridgehead atoms. The van der Waals surface area contributed by atoms with E-state index in [1.54, 1.807) is 6.07 Å². The molecule has 4 heteroatoms. The first-order valence-corrected chi connectivity index (χ1v) is 4.90. The SMILES string of the molecule is CC(C)(C)[C@H](N)c1cc(Cl)ccc1F.Cl. The molecule has 1 atom stereocenters. The van der Waals surface area contributed by atoms with Crippen molar-refractivity contribution < 1.29 is 4.39 Å². The van der Waals surface area contributed by atoms with Crippen LogP contribution in [0.15, 0.2) is 18.2 Å². The summed E-state index contributed by atoms with van der Waals surface area (Å²) in [5, 5.41) is 0.515. The average Bonchev–Trinajstić information content (AvgIpc) is 2.06. The molecule has 1 aromatic carbocycles. The van der Waals surface area contributed by atoms with E-state index in [4.69, 9.17) is 17.3 Å². The van der Waals surface area contributed by atoms with Crippen LogP contribution in [0.1, 0.15) is 32.4 Å². The molecule has 1 aromatic rings. The van der Waals surface area contributed by atoms with Gasteiger partial charge in [0.2, 0.25) is 0 Å². The number of halogens is 3. The Balaban J connectivity index is 0.00000196. The predicted octanol–water partition coefficient (Wildman–Crippen LogP) is 3.95. The lowest BCUT2D eigenvalue weighted by atomic mass is 9.83. The van der Waals surface area contributed by atoms with Crippen molar-refractivity contribution in [2.24, 2.45) is 11.1 Å². The maximum atomic E-state index is 13.4. The van der Waals surface area contributed by atoms with Gasteiger partial charge in [-0.25, -0.2) is 4.39 Å². The lowest BCUT2D eigenvalue weighted by molar-refractivity contribution is 0.319. The summed E-state index contributed by atoms with van der Waals surface area (Å²) in [6, 6.07) is 4.12. The van der Waals surface area contributed by atoms with Crippen LogP contribution in [0.4, 0.5) is 4.39 Å². The molecule has 0 amide bonds. The van der Waals surface area contributed by atoms with Crippen molar-refractivity contribution in [3.05, 3.63) is 34.6 Å². The van der Waals surface area contributed by atoms with Crippen LogP contribution in [-0.4, -0.2) is 0 Å². The van der Waals surface area contributed by atoms with Crippen LogP contribution in [0.25, 0.3) is 0 Å². The maximum absolute atomic E-state index is 13.4. The lowest BCUT2D eigenvalue weighted by Crippen LogP contribution is -2.27. The Labute approximate surface area is 101 Å². The first-order valence-electron chi connectivity index (χ1n) is 4.53. The largest absolute Gasteiger partial charge is 0.323 e. The van der Waals surface area contributed by atoms with E-state index in [1.807, 2.05) is 20.8 Å². The summed E-state index contributed by atoms with van der Waals surface area (Å²) >= 11 is 5.79. The number of benzene rings is 1. The highest BCUT2D eigenvalue weighted by Gasteiger charge is 2.24. The molecule has 1 nitrogen and oxygen atoms in total. The molecule has 0 unspecified atom stereocenters.